The van der Waals surface area contributed by atoms with Crippen LogP contribution in [0.4, 0.5) is 0 Å². The second-order valence-electron chi connectivity index (χ2n) is 5.85. The lowest BCUT2D eigenvalue weighted by molar-refractivity contribution is -0.120. The Labute approximate surface area is 157 Å². The van der Waals surface area contributed by atoms with Gasteiger partial charge >= 0.3 is 0 Å². The van der Waals surface area contributed by atoms with E-state index in [0.717, 1.165) is 5.56 Å². The Morgan fingerprint density at radius 1 is 1.36 bits per heavy atom. The molecule has 3 N–H and O–H groups in total. The molecule has 4 atom stereocenters. The zero-order valence-electron chi connectivity index (χ0n) is 13.5. The van der Waals surface area contributed by atoms with Gasteiger partial charge in [-0.2, -0.15) is 0 Å². The third-order valence-corrected chi connectivity index (χ3v) is 4.11. The van der Waals surface area contributed by atoms with Gasteiger partial charge in [0.15, 0.2) is 0 Å². The molecule has 1 aliphatic rings. The summed E-state index contributed by atoms with van der Waals surface area (Å²) in [6, 6.07) is 3.28. The first kappa shape index (κ1) is 21.3. The van der Waals surface area contributed by atoms with Crippen LogP contribution in [0.25, 0.3) is 11.3 Å². The lowest BCUT2D eigenvalue weighted by Gasteiger charge is -2.17. The number of carbonyl (C=O) groups is 1. The highest BCUT2D eigenvalue weighted by Crippen LogP contribution is 2.28. The van der Waals surface area contributed by atoms with E-state index in [-0.39, 0.29) is 36.6 Å². The van der Waals surface area contributed by atoms with E-state index < -0.39 is 18.2 Å². The van der Waals surface area contributed by atoms with Gasteiger partial charge in [0.1, 0.15) is 11.8 Å². The Morgan fingerprint density at radius 3 is 2.76 bits per heavy atom. The van der Waals surface area contributed by atoms with Crippen molar-refractivity contribution < 1.29 is 15.0 Å². The van der Waals surface area contributed by atoms with E-state index in [1.807, 2.05) is 12.1 Å². The lowest BCUT2D eigenvalue weighted by atomic mass is 10.1. The molecule has 2 heterocycles. The van der Waals surface area contributed by atoms with Gasteiger partial charge in [0.25, 0.3) is 0 Å². The maximum atomic E-state index is 11.1. The maximum absolute atomic E-state index is 11.1. The van der Waals surface area contributed by atoms with Crippen LogP contribution in [0.1, 0.15) is 13.3 Å². The summed E-state index contributed by atoms with van der Waals surface area (Å²) in [5.74, 6) is -0.424. The van der Waals surface area contributed by atoms with E-state index in [1.165, 1.54) is 6.92 Å². The molecule has 138 valence electrons. The smallest absolute Gasteiger partial charge is 0.217 e. The molecule has 0 bridgehead atoms. The number of hydrogen-bond acceptors (Lipinski definition) is 6. The minimum Gasteiger partial charge on any atom is -0.390 e. The SMILES string of the molecule is CC(=O)N[C@@H]1C[C@H](Cn2cc(-c3cccnc3)nn2)[C@@H](O)[C@H]1O.Cl.Cl. The van der Waals surface area contributed by atoms with E-state index in [4.69, 9.17) is 0 Å². The van der Waals surface area contributed by atoms with Crippen molar-refractivity contribution in [1.29, 1.82) is 0 Å². The first-order valence-corrected chi connectivity index (χ1v) is 7.48. The van der Waals surface area contributed by atoms with Gasteiger partial charge in [-0.15, -0.1) is 29.9 Å². The van der Waals surface area contributed by atoms with Crippen LogP contribution in [0, 0.1) is 5.92 Å². The van der Waals surface area contributed by atoms with Gasteiger partial charge in [-0.25, -0.2) is 0 Å². The summed E-state index contributed by atoms with van der Waals surface area (Å²) in [4.78, 5) is 15.2. The van der Waals surface area contributed by atoms with Crippen molar-refractivity contribution in [3.8, 4) is 11.3 Å². The van der Waals surface area contributed by atoms with Crippen molar-refractivity contribution >= 4 is 30.7 Å². The quantitative estimate of drug-likeness (QED) is 0.698. The zero-order valence-corrected chi connectivity index (χ0v) is 15.2. The van der Waals surface area contributed by atoms with E-state index in [2.05, 4.69) is 20.6 Å². The molecule has 1 aliphatic carbocycles. The average molecular weight is 390 g/mol. The number of aliphatic hydroxyl groups is 2. The third-order valence-electron chi connectivity index (χ3n) is 4.11. The van der Waals surface area contributed by atoms with Crippen LogP contribution >= 0.6 is 24.8 Å². The van der Waals surface area contributed by atoms with E-state index in [1.54, 1.807) is 23.3 Å². The number of hydrogen-bond donors (Lipinski definition) is 3. The molecule has 0 spiro atoms. The van der Waals surface area contributed by atoms with Crippen molar-refractivity contribution in [2.45, 2.75) is 38.1 Å². The van der Waals surface area contributed by atoms with Gasteiger partial charge in [-0.1, -0.05) is 5.21 Å². The Bertz CT molecular complexity index is 685. The molecule has 0 aromatic carbocycles. The van der Waals surface area contributed by atoms with Crippen LogP contribution in [0.3, 0.4) is 0 Å². The highest BCUT2D eigenvalue weighted by molar-refractivity contribution is 5.85. The number of aromatic nitrogens is 4. The van der Waals surface area contributed by atoms with Gasteiger partial charge in [-0.05, 0) is 18.6 Å². The predicted octanol–water partition coefficient (Wildman–Crippen LogP) is 0.430. The minimum atomic E-state index is -0.967. The summed E-state index contributed by atoms with van der Waals surface area (Å²) in [6.07, 6.45) is 3.79. The van der Waals surface area contributed by atoms with Gasteiger partial charge in [-0.3, -0.25) is 14.5 Å². The average Bonchev–Trinajstić information content (AvgIpc) is 3.10. The highest BCUT2D eigenvalue weighted by Gasteiger charge is 2.42. The number of carbonyl (C=O) groups excluding carboxylic acids is 1. The first-order valence-electron chi connectivity index (χ1n) is 7.48. The summed E-state index contributed by atoms with van der Waals surface area (Å²) in [7, 11) is 0. The largest absolute Gasteiger partial charge is 0.390 e. The molecule has 1 fully saturated rings. The molecule has 0 aliphatic heterocycles. The minimum absolute atomic E-state index is 0. The van der Waals surface area contributed by atoms with E-state index in [9.17, 15) is 15.0 Å². The van der Waals surface area contributed by atoms with Crippen LogP contribution in [0.2, 0.25) is 0 Å². The molecule has 10 heteroatoms. The summed E-state index contributed by atoms with van der Waals surface area (Å²) in [5, 5.41) is 31.0. The van der Waals surface area contributed by atoms with Gasteiger partial charge in [0.05, 0.1) is 18.3 Å². The fourth-order valence-electron chi connectivity index (χ4n) is 2.98. The Kier molecular flexibility index (Phi) is 7.75. The van der Waals surface area contributed by atoms with Crippen molar-refractivity contribution in [2.75, 3.05) is 0 Å². The van der Waals surface area contributed by atoms with Crippen LogP contribution in [0.15, 0.2) is 30.7 Å². The van der Waals surface area contributed by atoms with Crippen molar-refractivity contribution in [1.82, 2.24) is 25.3 Å². The maximum Gasteiger partial charge on any atom is 0.217 e. The van der Waals surface area contributed by atoms with Gasteiger partial charge < -0.3 is 15.5 Å². The molecule has 0 unspecified atom stereocenters. The summed E-state index contributed by atoms with van der Waals surface area (Å²) < 4.78 is 1.64. The standard InChI is InChI=1S/C15H19N5O3.2ClH/c1-9(21)17-12-5-11(14(22)15(12)23)7-20-8-13(18-19-20)10-3-2-4-16-6-10;;/h2-4,6,8,11-12,14-15,22-23H,5,7H2,1H3,(H,17,21);2*1H/t11-,12-,14-,15+;;/m1../s1. The lowest BCUT2D eigenvalue weighted by Crippen LogP contribution is -2.42. The van der Waals surface area contributed by atoms with Crippen molar-refractivity contribution in [3.05, 3.63) is 30.7 Å². The van der Waals surface area contributed by atoms with Crippen LogP contribution in [-0.4, -0.2) is 54.3 Å². The summed E-state index contributed by atoms with van der Waals surface area (Å²) in [6.45, 7) is 1.81. The van der Waals surface area contributed by atoms with Gasteiger partial charge in [0, 0.05) is 37.3 Å². The van der Waals surface area contributed by atoms with Crippen molar-refractivity contribution in [3.63, 3.8) is 0 Å². The summed E-state index contributed by atoms with van der Waals surface area (Å²) in [5.41, 5.74) is 1.56. The van der Waals surface area contributed by atoms with E-state index in [0.29, 0.717) is 18.7 Å². The Morgan fingerprint density at radius 2 is 2.12 bits per heavy atom. The van der Waals surface area contributed by atoms with Crippen LogP contribution in [-0.2, 0) is 11.3 Å². The predicted molar refractivity (Wildman–Crippen MR) is 95.5 cm³/mol. The first-order chi connectivity index (χ1) is 11.0. The molecule has 0 saturated heterocycles. The molecule has 25 heavy (non-hydrogen) atoms. The molecule has 0 radical (unpaired) electrons. The Balaban J connectivity index is 0.00000156. The number of amides is 1. The molecular weight excluding hydrogens is 369 g/mol. The van der Waals surface area contributed by atoms with E-state index >= 15 is 0 Å². The fraction of sp³-hybridized carbons (Fsp3) is 0.467. The molecule has 1 amide bonds. The fourth-order valence-corrected chi connectivity index (χ4v) is 2.98. The molecule has 1 saturated carbocycles. The Hall–Kier alpha value is -1.74. The second-order valence-corrected chi connectivity index (χ2v) is 5.85. The third kappa shape index (κ3) is 4.88. The molecule has 8 nitrogen and oxygen atoms in total. The number of nitrogens with one attached hydrogen (secondary N) is 1. The number of aliphatic hydroxyl groups excluding tert-OH is 2. The number of nitrogens with zero attached hydrogens (tertiary/aromatic N) is 4. The molecule has 3 rings (SSSR count). The number of halogens is 2. The zero-order chi connectivity index (χ0) is 16.4. The van der Waals surface area contributed by atoms with Crippen LogP contribution in [0.5, 0.6) is 0 Å². The van der Waals surface area contributed by atoms with Gasteiger partial charge in [0.2, 0.25) is 5.91 Å². The molecular formula is C15H21Cl2N5O3. The van der Waals surface area contributed by atoms with Crippen molar-refractivity contribution in [2.24, 2.45) is 5.92 Å². The molecule has 2 aromatic heterocycles. The highest BCUT2D eigenvalue weighted by atomic mass is 35.5. The summed E-state index contributed by atoms with van der Waals surface area (Å²) >= 11 is 0. The number of rotatable bonds is 4. The number of pyridine rings is 1. The molecule has 2 aromatic rings. The van der Waals surface area contributed by atoms with Crippen LogP contribution < -0.4 is 5.32 Å². The second kappa shape index (κ2) is 9.10. The topological polar surface area (TPSA) is 113 Å². The normalized spacial score (nSPS) is 24.9. The monoisotopic (exact) mass is 389 g/mol.